The van der Waals surface area contributed by atoms with Crippen molar-refractivity contribution in [3.8, 4) is 0 Å². The van der Waals surface area contributed by atoms with Crippen molar-refractivity contribution in [2.24, 2.45) is 5.92 Å². The lowest BCUT2D eigenvalue weighted by molar-refractivity contribution is -0.143. The molecule has 0 spiro atoms. The molecule has 1 N–H and O–H groups in total. The molecule has 0 unspecified atom stereocenters. The minimum Gasteiger partial charge on any atom is -0.351 e. The number of aromatic nitrogens is 2. The van der Waals surface area contributed by atoms with Crippen LogP contribution in [0.15, 0.2) is 18.2 Å². The summed E-state index contributed by atoms with van der Waals surface area (Å²) in [6, 6.07) is 0.836. The average molecular weight is 488 g/mol. The number of carbonyl (C=O) groups is 2. The minimum absolute atomic E-state index is 0.0137. The maximum Gasteiger partial charge on any atom is 0.416 e. The number of amides is 2. The molecule has 12 heteroatoms. The molecule has 1 aromatic heterocycles. The highest BCUT2D eigenvalue weighted by molar-refractivity contribution is 5.96. The first-order valence-electron chi connectivity index (χ1n) is 10.8. The number of fused-ring (bicyclic) bond motifs is 1. The van der Waals surface area contributed by atoms with Gasteiger partial charge in [-0.2, -0.15) is 31.4 Å². The number of hydrogen-bond acceptors (Lipinski definition) is 3. The Labute approximate surface area is 190 Å². The zero-order valence-corrected chi connectivity index (χ0v) is 18.2. The number of alkyl halides is 6. The van der Waals surface area contributed by atoms with Gasteiger partial charge in [-0.3, -0.25) is 14.3 Å². The van der Waals surface area contributed by atoms with E-state index < -0.39 is 40.9 Å². The van der Waals surface area contributed by atoms with E-state index in [-0.39, 0.29) is 31.3 Å². The predicted molar refractivity (Wildman–Crippen MR) is 108 cm³/mol. The first-order chi connectivity index (χ1) is 15.9. The van der Waals surface area contributed by atoms with Crippen LogP contribution in [-0.4, -0.2) is 39.6 Å². The van der Waals surface area contributed by atoms with E-state index in [0.29, 0.717) is 36.7 Å². The Kier molecular flexibility index (Phi) is 6.11. The lowest BCUT2D eigenvalue weighted by atomic mass is 10.0. The fourth-order valence-corrected chi connectivity index (χ4v) is 4.05. The molecular formula is C22H22F6N4O2. The predicted octanol–water partition coefficient (Wildman–Crippen LogP) is 4.28. The summed E-state index contributed by atoms with van der Waals surface area (Å²) in [5.41, 5.74) is -2.47. The average Bonchev–Trinajstić information content (AvgIpc) is 3.51. The fraction of sp³-hybridized carbons (Fsp3) is 0.500. The molecule has 0 saturated heterocycles. The third-order valence-corrected chi connectivity index (χ3v) is 5.94. The Morgan fingerprint density at radius 3 is 2.21 bits per heavy atom. The highest BCUT2D eigenvalue weighted by atomic mass is 19.4. The van der Waals surface area contributed by atoms with Gasteiger partial charge in [0.05, 0.1) is 17.7 Å². The molecule has 1 aliphatic heterocycles. The van der Waals surface area contributed by atoms with Gasteiger partial charge < -0.3 is 10.2 Å². The highest BCUT2D eigenvalue weighted by Crippen LogP contribution is 2.37. The number of carbonyl (C=O) groups excluding carboxylic acids is 2. The number of nitrogens with zero attached hydrogens (tertiary/aromatic N) is 3. The number of benzene rings is 1. The normalized spacial score (nSPS) is 16.4. The Bertz CT molecular complexity index is 1090. The van der Waals surface area contributed by atoms with Gasteiger partial charge >= 0.3 is 12.4 Å². The maximum atomic E-state index is 13.2. The third-order valence-electron chi connectivity index (χ3n) is 5.94. The first-order valence-corrected chi connectivity index (χ1v) is 10.8. The summed E-state index contributed by atoms with van der Waals surface area (Å²) in [6.07, 6.45) is -7.73. The summed E-state index contributed by atoms with van der Waals surface area (Å²) in [6.45, 7) is 2.64. The molecule has 1 saturated carbocycles. The third kappa shape index (κ3) is 4.90. The van der Waals surface area contributed by atoms with E-state index in [1.807, 2.05) is 0 Å². The van der Waals surface area contributed by atoms with Crippen molar-refractivity contribution in [1.29, 1.82) is 0 Å². The van der Waals surface area contributed by atoms with E-state index in [1.54, 1.807) is 11.6 Å². The summed E-state index contributed by atoms with van der Waals surface area (Å²) in [5, 5.41) is 7.07. The van der Waals surface area contributed by atoms with E-state index in [0.717, 1.165) is 23.4 Å². The maximum absolute atomic E-state index is 13.2. The number of nitrogens with one attached hydrogen (secondary N) is 1. The number of halogens is 6. The van der Waals surface area contributed by atoms with E-state index in [1.165, 1.54) is 0 Å². The Hall–Kier alpha value is -3.05. The molecule has 1 aromatic carbocycles. The van der Waals surface area contributed by atoms with Crippen LogP contribution in [0.25, 0.3) is 0 Å². The Balaban J connectivity index is 1.67. The largest absolute Gasteiger partial charge is 0.416 e. The fourth-order valence-electron chi connectivity index (χ4n) is 4.05. The lowest BCUT2D eigenvalue weighted by Gasteiger charge is -2.28. The van der Waals surface area contributed by atoms with Crippen LogP contribution in [0.5, 0.6) is 0 Å². The van der Waals surface area contributed by atoms with E-state index in [9.17, 15) is 35.9 Å². The van der Waals surface area contributed by atoms with Gasteiger partial charge in [-0.25, -0.2) is 0 Å². The molecule has 0 radical (unpaired) electrons. The van der Waals surface area contributed by atoms with Crippen molar-refractivity contribution < 1.29 is 35.9 Å². The van der Waals surface area contributed by atoms with Gasteiger partial charge in [-0.05, 0) is 43.9 Å². The summed E-state index contributed by atoms with van der Waals surface area (Å²) in [7, 11) is 0. The van der Waals surface area contributed by atoms with Gasteiger partial charge in [-0.15, -0.1) is 0 Å². The van der Waals surface area contributed by atoms with Crippen molar-refractivity contribution in [1.82, 2.24) is 20.0 Å². The van der Waals surface area contributed by atoms with E-state index in [2.05, 4.69) is 10.4 Å². The molecule has 0 atom stereocenters. The van der Waals surface area contributed by atoms with Crippen molar-refractivity contribution >= 4 is 11.8 Å². The Morgan fingerprint density at radius 1 is 1.06 bits per heavy atom. The molecule has 2 aromatic rings. The molecule has 2 heterocycles. The van der Waals surface area contributed by atoms with Crippen molar-refractivity contribution in [2.75, 3.05) is 13.1 Å². The summed E-state index contributed by atoms with van der Waals surface area (Å²) >= 11 is 0. The standard InChI is InChI=1S/C22H22F6N4O2/c1-2-29-19(33)18-16-11-31(6-5-17(16)32(30-18)10-12-3-4-12)20(34)13-7-14(21(23,24)25)9-15(8-13)22(26,27)28/h7-9,12H,2-6,10-11H2,1H3,(H,29,33). The van der Waals surface area contributed by atoms with Gasteiger partial charge in [0.15, 0.2) is 5.69 Å². The van der Waals surface area contributed by atoms with Crippen molar-refractivity contribution in [2.45, 2.75) is 51.6 Å². The molecular weight excluding hydrogens is 466 g/mol. The molecule has 184 valence electrons. The Morgan fingerprint density at radius 2 is 1.68 bits per heavy atom. The zero-order chi connectivity index (χ0) is 24.8. The second-order valence-corrected chi connectivity index (χ2v) is 8.53. The second-order valence-electron chi connectivity index (χ2n) is 8.53. The van der Waals surface area contributed by atoms with Gasteiger partial charge in [0.2, 0.25) is 0 Å². The zero-order valence-electron chi connectivity index (χ0n) is 18.2. The van der Waals surface area contributed by atoms with E-state index in [4.69, 9.17) is 0 Å². The molecule has 1 fully saturated rings. The first kappa shape index (κ1) is 24.1. The van der Waals surface area contributed by atoms with Gasteiger partial charge in [-0.1, -0.05) is 0 Å². The summed E-state index contributed by atoms with van der Waals surface area (Å²) in [5.74, 6) is -0.961. The van der Waals surface area contributed by atoms with Crippen LogP contribution in [0.4, 0.5) is 26.3 Å². The smallest absolute Gasteiger partial charge is 0.351 e. The molecule has 6 nitrogen and oxygen atoms in total. The van der Waals surface area contributed by atoms with Crippen molar-refractivity contribution in [3.05, 3.63) is 51.8 Å². The van der Waals surface area contributed by atoms with Crippen LogP contribution < -0.4 is 5.32 Å². The number of hydrogen-bond donors (Lipinski definition) is 1. The monoisotopic (exact) mass is 488 g/mol. The second kappa shape index (κ2) is 8.62. The lowest BCUT2D eigenvalue weighted by Crippen LogP contribution is -2.37. The van der Waals surface area contributed by atoms with Crippen LogP contribution in [0, 0.1) is 5.92 Å². The molecule has 4 rings (SSSR count). The molecule has 2 aliphatic rings. The summed E-state index contributed by atoms with van der Waals surface area (Å²) in [4.78, 5) is 26.7. The van der Waals surface area contributed by atoms with Crippen LogP contribution in [0.1, 0.15) is 63.0 Å². The van der Waals surface area contributed by atoms with Gasteiger partial charge in [0, 0.05) is 42.9 Å². The van der Waals surface area contributed by atoms with Crippen LogP contribution in [-0.2, 0) is 31.9 Å². The number of rotatable bonds is 5. The van der Waals surface area contributed by atoms with Crippen LogP contribution in [0.2, 0.25) is 0 Å². The molecule has 2 amide bonds. The molecule has 34 heavy (non-hydrogen) atoms. The van der Waals surface area contributed by atoms with Gasteiger partial charge in [0.1, 0.15) is 0 Å². The SMILES string of the molecule is CCNC(=O)c1nn(CC2CC2)c2c1CN(C(=O)c1cc(C(F)(F)F)cc(C(F)(F)F)c1)CC2. The van der Waals surface area contributed by atoms with Gasteiger partial charge in [0.25, 0.3) is 11.8 Å². The molecule has 0 bridgehead atoms. The van der Waals surface area contributed by atoms with Crippen LogP contribution >= 0.6 is 0 Å². The quantitative estimate of drug-likeness (QED) is 0.639. The topological polar surface area (TPSA) is 67.2 Å². The highest BCUT2D eigenvalue weighted by Gasteiger charge is 2.39. The molecule has 1 aliphatic carbocycles. The minimum atomic E-state index is -5.05. The van der Waals surface area contributed by atoms with Crippen molar-refractivity contribution in [3.63, 3.8) is 0 Å². The van der Waals surface area contributed by atoms with E-state index >= 15 is 0 Å². The van der Waals surface area contributed by atoms with Crippen LogP contribution in [0.3, 0.4) is 0 Å². The summed E-state index contributed by atoms with van der Waals surface area (Å²) < 4.78 is 81.0.